The second kappa shape index (κ2) is 8.48. The summed E-state index contributed by atoms with van der Waals surface area (Å²) in [6.07, 6.45) is 1.73. The van der Waals surface area contributed by atoms with Crippen molar-refractivity contribution in [2.75, 3.05) is 6.61 Å². The van der Waals surface area contributed by atoms with Crippen molar-refractivity contribution < 1.29 is 4.74 Å². The van der Waals surface area contributed by atoms with E-state index in [1.807, 2.05) is 60.7 Å². The van der Waals surface area contributed by atoms with Gasteiger partial charge >= 0.3 is 0 Å². The first-order valence-electron chi connectivity index (χ1n) is 5.35. The van der Waals surface area contributed by atoms with Crippen molar-refractivity contribution in [3.63, 3.8) is 0 Å². The van der Waals surface area contributed by atoms with Crippen molar-refractivity contribution in [3.8, 4) is 5.75 Å². The van der Waals surface area contributed by atoms with Gasteiger partial charge in [-0.15, -0.1) is 12.6 Å². The number of rotatable bonds is 3. The predicted octanol–water partition coefficient (Wildman–Crippen LogP) is 4.23. The first-order valence-corrected chi connectivity index (χ1v) is 5.80. The van der Waals surface area contributed by atoms with Crippen LogP contribution in [0.1, 0.15) is 0 Å². The lowest BCUT2D eigenvalue weighted by molar-refractivity contribution is 0.363. The molecule has 0 aliphatic rings. The van der Waals surface area contributed by atoms with Gasteiger partial charge in [-0.2, -0.15) is 0 Å². The van der Waals surface area contributed by atoms with Crippen LogP contribution in [0.5, 0.6) is 5.75 Å². The highest BCUT2D eigenvalue weighted by molar-refractivity contribution is 7.80. The summed E-state index contributed by atoms with van der Waals surface area (Å²) in [5.41, 5.74) is 0. The Labute approximate surface area is 108 Å². The normalized spacial score (nSPS) is 8.76. The molecule has 0 aromatic heterocycles. The summed E-state index contributed by atoms with van der Waals surface area (Å²) in [6, 6.07) is 19.5. The maximum absolute atomic E-state index is 5.24. The van der Waals surface area contributed by atoms with Gasteiger partial charge < -0.3 is 4.74 Å². The van der Waals surface area contributed by atoms with Gasteiger partial charge in [0.1, 0.15) is 12.4 Å². The Morgan fingerprint density at radius 2 is 1.47 bits per heavy atom. The zero-order chi connectivity index (χ0) is 12.3. The molecule has 2 rings (SSSR count). The minimum atomic E-state index is 0.573. The number of thiol groups is 1. The monoisotopic (exact) mass is 244 g/mol. The smallest absolute Gasteiger partial charge is 0.119 e. The molecule has 0 bridgehead atoms. The Balaban J connectivity index is 0.000000181. The van der Waals surface area contributed by atoms with E-state index in [2.05, 4.69) is 19.2 Å². The zero-order valence-corrected chi connectivity index (χ0v) is 10.5. The fourth-order valence-corrected chi connectivity index (χ4v) is 1.27. The van der Waals surface area contributed by atoms with E-state index in [9.17, 15) is 0 Å². The number of ether oxygens (including phenoxy) is 1. The van der Waals surface area contributed by atoms with Gasteiger partial charge in [-0.05, 0) is 24.3 Å². The molecule has 1 nitrogen and oxygen atoms in total. The highest BCUT2D eigenvalue weighted by Crippen LogP contribution is 2.07. The lowest BCUT2D eigenvalue weighted by atomic mass is 10.3. The second-order valence-electron chi connectivity index (χ2n) is 3.25. The molecule has 0 amide bonds. The van der Waals surface area contributed by atoms with E-state index in [1.54, 1.807) is 6.08 Å². The number of benzene rings is 2. The molecule has 0 atom stereocenters. The topological polar surface area (TPSA) is 9.23 Å². The Bertz CT molecular complexity index is 411. The molecule has 0 saturated carbocycles. The number of hydrogen-bond acceptors (Lipinski definition) is 2. The fourth-order valence-electron chi connectivity index (χ4n) is 1.10. The minimum absolute atomic E-state index is 0.573. The zero-order valence-electron chi connectivity index (χ0n) is 9.62. The third-order valence-electron chi connectivity index (χ3n) is 1.87. The van der Waals surface area contributed by atoms with Crippen molar-refractivity contribution in [2.24, 2.45) is 0 Å². The van der Waals surface area contributed by atoms with E-state index >= 15 is 0 Å². The Hall–Kier alpha value is -1.67. The first-order chi connectivity index (χ1) is 8.33. The third kappa shape index (κ3) is 6.48. The molecule has 0 saturated heterocycles. The van der Waals surface area contributed by atoms with Gasteiger partial charge in [0, 0.05) is 4.90 Å². The van der Waals surface area contributed by atoms with Crippen molar-refractivity contribution in [1.29, 1.82) is 0 Å². The van der Waals surface area contributed by atoms with Crippen LogP contribution in [-0.2, 0) is 0 Å². The maximum Gasteiger partial charge on any atom is 0.119 e. The van der Waals surface area contributed by atoms with Crippen LogP contribution in [0.2, 0.25) is 0 Å². The van der Waals surface area contributed by atoms with Crippen LogP contribution in [-0.4, -0.2) is 6.61 Å². The first kappa shape index (κ1) is 13.4. The average molecular weight is 244 g/mol. The van der Waals surface area contributed by atoms with Crippen molar-refractivity contribution in [2.45, 2.75) is 4.90 Å². The quantitative estimate of drug-likeness (QED) is 0.628. The van der Waals surface area contributed by atoms with Crippen molar-refractivity contribution >= 4 is 12.6 Å². The highest BCUT2D eigenvalue weighted by atomic mass is 32.1. The van der Waals surface area contributed by atoms with Crippen LogP contribution in [0.3, 0.4) is 0 Å². The van der Waals surface area contributed by atoms with Gasteiger partial charge in [-0.3, -0.25) is 0 Å². The molecule has 0 spiro atoms. The average Bonchev–Trinajstić information content (AvgIpc) is 2.39. The largest absolute Gasteiger partial charge is 0.490 e. The van der Waals surface area contributed by atoms with E-state index < -0.39 is 0 Å². The molecule has 2 heteroatoms. The van der Waals surface area contributed by atoms with E-state index in [0.717, 1.165) is 10.6 Å². The second-order valence-corrected chi connectivity index (χ2v) is 3.76. The molecule has 0 N–H and O–H groups in total. The summed E-state index contributed by atoms with van der Waals surface area (Å²) in [5.74, 6) is 0.891. The summed E-state index contributed by atoms with van der Waals surface area (Å²) in [7, 11) is 0. The number of para-hydroxylation sites is 1. The van der Waals surface area contributed by atoms with Gasteiger partial charge in [-0.25, -0.2) is 0 Å². The minimum Gasteiger partial charge on any atom is -0.490 e. The lowest BCUT2D eigenvalue weighted by Crippen LogP contribution is -1.91. The van der Waals surface area contributed by atoms with Crippen LogP contribution < -0.4 is 4.74 Å². The Morgan fingerprint density at radius 1 is 0.941 bits per heavy atom. The highest BCUT2D eigenvalue weighted by Gasteiger charge is 1.85. The molecule has 0 unspecified atom stereocenters. The van der Waals surface area contributed by atoms with Crippen molar-refractivity contribution in [1.82, 2.24) is 0 Å². The molecule has 0 aliphatic carbocycles. The van der Waals surface area contributed by atoms with E-state index in [4.69, 9.17) is 4.74 Å². The fraction of sp³-hybridized carbons (Fsp3) is 0.0667. The summed E-state index contributed by atoms with van der Waals surface area (Å²) >= 11 is 4.08. The third-order valence-corrected chi connectivity index (χ3v) is 2.17. The van der Waals surface area contributed by atoms with E-state index in [0.29, 0.717) is 6.61 Å². The lowest BCUT2D eigenvalue weighted by Gasteiger charge is -1.99. The van der Waals surface area contributed by atoms with Gasteiger partial charge in [-0.1, -0.05) is 49.1 Å². The maximum atomic E-state index is 5.24. The molecule has 0 fully saturated rings. The summed E-state index contributed by atoms with van der Waals surface area (Å²) < 4.78 is 5.24. The van der Waals surface area contributed by atoms with Gasteiger partial charge in [0.05, 0.1) is 0 Å². The van der Waals surface area contributed by atoms with Crippen LogP contribution in [0.4, 0.5) is 0 Å². The van der Waals surface area contributed by atoms with Crippen LogP contribution in [0.15, 0.2) is 78.2 Å². The molecular weight excluding hydrogens is 228 g/mol. The standard InChI is InChI=1S/C9H10O.C6H6S/c1-2-8-10-9-6-4-3-5-7-9;7-6-4-2-1-3-5-6/h2-7H,1,8H2;1-5,7H. The molecule has 0 aliphatic heterocycles. The van der Waals surface area contributed by atoms with Gasteiger partial charge in [0.25, 0.3) is 0 Å². The van der Waals surface area contributed by atoms with Gasteiger partial charge in [0.15, 0.2) is 0 Å². The molecule has 17 heavy (non-hydrogen) atoms. The summed E-state index contributed by atoms with van der Waals surface area (Å²) in [4.78, 5) is 1.02. The SMILES string of the molecule is C=CCOc1ccccc1.Sc1ccccc1. The number of hydrogen-bond donors (Lipinski definition) is 1. The Morgan fingerprint density at radius 3 is 1.88 bits per heavy atom. The molecule has 0 heterocycles. The molecule has 2 aromatic carbocycles. The summed E-state index contributed by atoms with van der Waals surface area (Å²) in [6.45, 7) is 4.12. The van der Waals surface area contributed by atoms with Crippen LogP contribution >= 0.6 is 12.6 Å². The van der Waals surface area contributed by atoms with Crippen LogP contribution in [0, 0.1) is 0 Å². The van der Waals surface area contributed by atoms with Crippen LogP contribution in [0.25, 0.3) is 0 Å². The summed E-state index contributed by atoms with van der Waals surface area (Å²) in [5, 5.41) is 0. The van der Waals surface area contributed by atoms with Crippen molar-refractivity contribution in [3.05, 3.63) is 73.3 Å². The van der Waals surface area contributed by atoms with E-state index in [-0.39, 0.29) is 0 Å². The molecule has 2 aromatic rings. The molecular formula is C15H16OS. The van der Waals surface area contributed by atoms with Gasteiger partial charge in [0.2, 0.25) is 0 Å². The Kier molecular flexibility index (Phi) is 6.68. The molecule has 0 radical (unpaired) electrons. The molecule has 88 valence electrons. The van der Waals surface area contributed by atoms with E-state index in [1.165, 1.54) is 0 Å². The predicted molar refractivity (Wildman–Crippen MR) is 75.8 cm³/mol.